The monoisotopic (exact) mass is 587 g/mol. The fourth-order valence-corrected chi connectivity index (χ4v) is 5.92. The molecule has 0 bridgehead atoms. The zero-order valence-electron chi connectivity index (χ0n) is 25.7. The predicted octanol–water partition coefficient (Wildman–Crippen LogP) is 6.67. The minimum atomic E-state index is -0.650. The van der Waals surface area contributed by atoms with E-state index in [0.29, 0.717) is 63.6 Å². The third-order valence-corrected chi connectivity index (χ3v) is 8.00. The second-order valence-electron chi connectivity index (χ2n) is 12.3. The molecule has 3 aromatic heterocycles. The number of aromatic nitrogens is 6. The van der Waals surface area contributed by atoms with Crippen LogP contribution >= 0.6 is 0 Å². The van der Waals surface area contributed by atoms with Gasteiger partial charge in [-0.3, -0.25) is 4.68 Å². The molecule has 2 aromatic carbocycles. The maximum Gasteiger partial charge on any atom is 0.410 e. The van der Waals surface area contributed by atoms with Crippen LogP contribution in [0.3, 0.4) is 0 Å². The summed E-state index contributed by atoms with van der Waals surface area (Å²) < 4.78 is 41.3. The van der Waals surface area contributed by atoms with E-state index in [1.54, 1.807) is 64.1 Å². The van der Waals surface area contributed by atoms with E-state index in [0.717, 1.165) is 11.3 Å². The van der Waals surface area contributed by atoms with E-state index in [1.807, 2.05) is 40.7 Å². The Morgan fingerprint density at radius 1 is 1.07 bits per heavy atom. The van der Waals surface area contributed by atoms with Crippen LogP contribution in [0.5, 0.6) is 0 Å². The molecule has 4 heterocycles. The highest BCUT2D eigenvalue weighted by Crippen LogP contribution is 2.40. The van der Waals surface area contributed by atoms with Gasteiger partial charge in [0, 0.05) is 31.8 Å². The van der Waals surface area contributed by atoms with E-state index in [2.05, 4.69) is 5.10 Å². The molecular formula is C32H35F2N7O2. The van der Waals surface area contributed by atoms with Crippen LogP contribution in [0.2, 0.25) is 0 Å². The van der Waals surface area contributed by atoms with Crippen molar-refractivity contribution < 1.29 is 18.3 Å². The van der Waals surface area contributed by atoms with E-state index in [9.17, 15) is 9.18 Å². The van der Waals surface area contributed by atoms with E-state index < -0.39 is 17.5 Å². The first-order valence-electron chi connectivity index (χ1n) is 14.3. The van der Waals surface area contributed by atoms with Gasteiger partial charge in [-0.05, 0) is 83.9 Å². The van der Waals surface area contributed by atoms with Crippen LogP contribution in [0, 0.1) is 32.4 Å². The Morgan fingerprint density at radius 3 is 2.44 bits per heavy atom. The topological polar surface area (TPSA) is 83.0 Å². The molecule has 0 unspecified atom stereocenters. The van der Waals surface area contributed by atoms with Crippen molar-refractivity contribution in [2.75, 3.05) is 6.54 Å². The van der Waals surface area contributed by atoms with Crippen LogP contribution in [0.1, 0.15) is 61.9 Å². The lowest BCUT2D eigenvalue weighted by Gasteiger charge is -2.34. The predicted molar refractivity (Wildman–Crippen MR) is 160 cm³/mol. The molecule has 11 heteroatoms. The highest BCUT2D eigenvalue weighted by atomic mass is 19.1. The molecule has 0 fully saturated rings. The van der Waals surface area contributed by atoms with E-state index in [-0.39, 0.29) is 11.9 Å². The number of halogens is 2. The molecule has 0 aliphatic carbocycles. The first kappa shape index (κ1) is 28.6. The first-order valence-corrected chi connectivity index (χ1v) is 14.3. The number of aryl methyl sites for hydroxylation is 4. The molecule has 224 valence electrons. The van der Waals surface area contributed by atoms with Gasteiger partial charge in [0.2, 0.25) is 0 Å². The minimum Gasteiger partial charge on any atom is -0.444 e. The summed E-state index contributed by atoms with van der Waals surface area (Å²) in [6, 6.07) is 6.65. The molecule has 6 rings (SSSR count). The normalized spacial score (nSPS) is 15.3. The average Bonchev–Trinajstić information content (AvgIpc) is 3.62. The maximum absolute atomic E-state index is 15.8. The summed E-state index contributed by atoms with van der Waals surface area (Å²) in [5.74, 6) is -0.104. The van der Waals surface area contributed by atoms with Gasteiger partial charge < -0.3 is 14.2 Å². The summed E-state index contributed by atoms with van der Waals surface area (Å²) in [4.78, 5) is 19.8. The van der Waals surface area contributed by atoms with Gasteiger partial charge in [0.15, 0.2) is 5.82 Å². The number of nitrogens with zero attached hydrogens (tertiary/aromatic N) is 7. The average molecular weight is 588 g/mol. The van der Waals surface area contributed by atoms with Crippen LogP contribution in [0.15, 0.2) is 36.7 Å². The zero-order chi connectivity index (χ0) is 31.0. The third-order valence-electron chi connectivity index (χ3n) is 8.00. The SMILES string of the molecule is Cc1cc(-n2nc3c(c2-c2cn(-c4ccc5c(cnn5C)c4F)c(C)n2)[C@H](C)N(C(=O)OC(C)(C)C)CC3)cc(C)c1F. The van der Waals surface area contributed by atoms with E-state index >= 15 is 4.39 Å². The molecule has 0 saturated heterocycles. The quantitative estimate of drug-likeness (QED) is 0.236. The van der Waals surface area contributed by atoms with Crippen molar-refractivity contribution in [2.45, 2.75) is 66.5 Å². The van der Waals surface area contributed by atoms with Crippen molar-refractivity contribution in [1.82, 2.24) is 34.0 Å². The summed E-state index contributed by atoms with van der Waals surface area (Å²) in [7, 11) is 1.77. The molecule has 9 nitrogen and oxygen atoms in total. The number of rotatable bonds is 3. The second kappa shape index (κ2) is 10.0. The summed E-state index contributed by atoms with van der Waals surface area (Å²) >= 11 is 0. The Hall–Kier alpha value is -4.54. The van der Waals surface area contributed by atoms with Gasteiger partial charge >= 0.3 is 6.09 Å². The van der Waals surface area contributed by atoms with Gasteiger partial charge in [-0.2, -0.15) is 10.2 Å². The van der Waals surface area contributed by atoms with Crippen LogP contribution in [0.25, 0.3) is 33.7 Å². The molecule has 1 amide bonds. The third kappa shape index (κ3) is 4.76. The molecule has 0 N–H and O–H groups in total. The fourth-order valence-electron chi connectivity index (χ4n) is 5.92. The molecule has 0 spiro atoms. The molecule has 5 aromatic rings. The second-order valence-corrected chi connectivity index (χ2v) is 12.3. The number of hydrogen-bond donors (Lipinski definition) is 0. The molecule has 1 aliphatic heterocycles. The lowest BCUT2D eigenvalue weighted by Crippen LogP contribution is -2.42. The zero-order valence-corrected chi connectivity index (χ0v) is 25.7. The van der Waals surface area contributed by atoms with Crippen LogP contribution in [-0.4, -0.2) is 52.3 Å². The molecule has 0 radical (unpaired) electrons. The van der Waals surface area contributed by atoms with Crippen molar-refractivity contribution in [1.29, 1.82) is 0 Å². The lowest BCUT2D eigenvalue weighted by atomic mass is 9.96. The molecular weight excluding hydrogens is 552 g/mol. The van der Waals surface area contributed by atoms with E-state index in [4.69, 9.17) is 14.8 Å². The Balaban J connectivity index is 1.54. The molecule has 0 saturated carbocycles. The molecule has 1 atom stereocenters. The van der Waals surface area contributed by atoms with Gasteiger partial charge in [0.05, 0.1) is 45.9 Å². The van der Waals surface area contributed by atoms with Crippen molar-refractivity contribution in [3.63, 3.8) is 0 Å². The fraction of sp³-hybridized carbons (Fsp3) is 0.375. The molecule has 43 heavy (non-hydrogen) atoms. The highest BCUT2D eigenvalue weighted by Gasteiger charge is 2.37. The number of fused-ring (bicyclic) bond motifs is 2. The number of benzene rings is 2. The van der Waals surface area contributed by atoms with Gasteiger partial charge in [-0.25, -0.2) is 23.2 Å². The number of carbonyl (C=O) groups is 1. The first-order chi connectivity index (χ1) is 20.2. The summed E-state index contributed by atoms with van der Waals surface area (Å²) in [6.45, 7) is 13.1. The van der Waals surface area contributed by atoms with Gasteiger partial charge in [-0.15, -0.1) is 0 Å². The molecule has 1 aliphatic rings. The van der Waals surface area contributed by atoms with Gasteiger partial charge in [0.1, 0.15) is 22.9 Å². The number of hydrogen-bond acceptors (Lipinski definition) is 5. The van der Waals surface area contributed by atoms with Crippen LogP contribution in [0.4, 0.5) is 13.6 Å². The number of carbonyl (C=O) groups excluding carboxylic acids is 1. The standard InChI is InChI=1S/C32H35F2N7O2/c1-17-13-21(14-18(2)28(17)33)41-30(27-19(3)39(12-11-23(27)37-41)31(42)43-32(5,6)7)24-16-40(20(4)36-24)26-10-9-25-22(29(26)34)15-35-38(25)8/h9-10,13-16,19H,11-12H2,1-8H3/t19-/m0/s1. The van der Waals surface area contributed by atoms with Crippen molar-refractivity contribution in [3.05, 3.63) is 76.5 Å². The van der Waals surface area contributed by atoms with Crippen molar-refractivity contribution in [3.8, 4) is 22.8 Å². The summed E-state index contributed by atoms with van der Waals surface area (Å²) in [6.07, 6.45) is 3.39. The number of amides is 1. The number of imidazole rings is 1. The Morgan fingerprint density at radius 2 is 1.77 bits per heavy atom. The Labute approximate surface area is 248 Å². The number of ether oxygens (including phenoxy) is 1. The lowest BCUT2D eigenvalue weighted by molar-refractivity contribution is 0.0160. The van der Waals surface area contributed by atoms with E-state index in [1.165, 1.54) is 6.20 Å². The largest absolute Gasteiger partial charge is 0.444 e. The van der Waals surface area contributed by atoms with Crippen LogP contribution < -0.4 is 0 Å². The summed E-state index contributed by atoms with van der Waals surface area (Å²) in [5, 5.41) is 9.59. The Kier molecular flexibility index (Phi) is 6.67. The highest BCUT2D eigenvalue weighted by molar-refractivity contribution is 5.82. The maximum atomic E-state index is 15.8. The van der Waals surface area contributed by atoms with Crippen molar-refractivity contribution >= 4 is 17.0 Å². The summed E-state index contributed by atoms with van der Waals surface area (Å²) in [5.41, 5.74) is 4.88. The minimum absolute atomic E-state index is 0.270. The smallest absolute Gasteiger partial charge is 0.410 e. The van der Waals surface area contributed by atoms with Crippen LogP contribution in [-0.2, 0) is 18.2 Å². The van der Waals surface area contributed by atoms with Crippen molar-refractivity contribution in [2.24, 2.45) is 7.05 Å². The van der Waals surface area contributed by atoms with Gasteiger partial charge in [0.25, 0.3) is 0 Å². The van der Waals surface area contributed by atoms with Gasteiger partial charge in [-0.1, -0.05) is 0 Å². The Bertz CT molecular complexity index is 1890.